The van der Waals surface area contributed by atoms with Gasteiger partial charge in [0, 0.05) is 6.42 Å². The summed E-state index contributed by atoms with van der Waals surface area (Å²) in [7, 11) is 0. The molecule has 4 nitrogen and oxygen atoms in total. The van der Waals surface area contributed by atoms with Gasteiger partial charge in [0.1, 0.15) is 11.6 Å². The van der Waals surface area contributed by atoms with Crippen molar-refractivity contribution in [3.63, 3.8) is 0 Å². The second-order valence-corrected chi connectivity index (χ2v) is 2.23. The number of nitriles is 1. The van der Waals surface area contributed by atoms with Crippen molar-refractivity contribution in [2.45, 2.75) is 19.8 Å². The van der Waals surface area contributed by atoms with E-state index in [2.05, 4.69) is 5.16 Å². The molecule has 0 aliphatic heterocycles. The highest BCUT2D eigenvalue weighted by molar-refractivity contribution is 5.49. The van der Waals surface area contributed by atoms with E-state index >= 15 is 0 Å². The van der Waals surface area contributed by atoms with Gasteiger partial charge >= 0.3 is 0 Å². The third-order valence-electron chi connectivity index (χ3n) is 1.38. The number of aromatic nitrogens is 1. The van der Waals surface area contributed by atoms with Crippen LogP contribution in [0.25, 0.3) is 0 Å². The lowest BCUT2D eigenvalue weighted by Crippen LogP contribution is -1.89. The molecule has 0 aliphatic carbocycles. The Kier molecular flexibility index (Phi) is 2.12. The first-order valence-corrected chi connectivity index (χ1v) is 3.43. The molecule has 0 radical (unpaired) electrons. The van der Waals surface area contributed by atoms with E-state index in [1.165, 1.54) is 0 Å². The van der Waals surface area contributed by atoms with Crippen molar-refractivity contribution in [3.05, 3.63) is 11.3 Å². The molecule has 0 saturated heterocycles. The first-order chi connectivity index (χ1) is 5.29. The van der Waals surface area contributed by atoms with Crippen molar-refractivity contribution >= 4 is 5.82 Å². The molecule has 0 aliphatic rings. The number of nitrogens with two attached hydrogens (primary N) is 1. The molecule has 0 aromatic carbocycles. The summed E-state index contributed by atoms with van der Waals surface area (Å²) >= 11 is 0. The molecule has 2 N–H and O–H groups in total. The zero-order valence-corrected chi connectivity index (χ0v) is 6.29. The van der Waals surface area contributed by atoms with Crippen molar-refractivity contribution < 1.29 is 4.52 Å². The third-order valence-corrected chi connectivity index (χ3v) is 1.38. The van der Waals surface area contributed by atoms with Gasteiger partial charge in [-0.25, -0.2) is 0 Å². The van der Waals surface area contributed by atoms with Crippen LogP contribution in [-0.4, -0.2) is 5.16 Å². The zero-order chi connectivity index (χ0) is 8.27. The summed E-state index contributed by atoms with van der Waals surface area (Å²) in [5.74, 6) is 0.781. The average molecular weight is 151 g/mol. The Bertz CT molecular complexity index is 284. The molecule has 0 fully saturated rings. The van der Waals surface area contributed by atoms with E-state index in [0.29, 0.717) is 17.7 Å². The summed E-state index contributed by atoms with van der Waals surface area (Å²) < 4.78 is 4.83. The van der Waals surface area contributed by atoms with Crippen LogP contribution in [0.15, 0.2) is 4.52 Å². The summed E-state index contributed by atoms with van der Waals surface area (Å²) in [6.45, 7) is 2.00. The second kappa shape index (κ2) is 3.06. The maximum atomic E-state index is 8.58. The molecule has 0 bridgehead atoms. The third kappa shape index (κ3) is 1.32. The van der Waals surface area contributed by atoms with Gasteiger partial charge in [-0.3, -0.25) is 0 Å². The molecule has 11 heavy (non-hydrogen) atoms. The number of aryl methyl sites for hydroxylation is 1. The van der Waals surface area contributed by atoms with Gasteiger partial charge < -0.3 is 10.3 Å². The summed E-state index contributed by atoms with van der Waals surface area (Å²) in [4.78, 5) is 0. The van der Waals surface area contributed by atoms with Gasteiger partial charge in [0.15, 0.2) is 11.6 Å². The Morgan fingerprint density at radius 3 is 3.00 bits per heavy atom. The largest absolute Gasteiger partial charge is 0.380 e. The van der Waals surface area contributed by atoms with Gasteiger partial charge in [0.05, 0.1) is 0 Å². The second-order valence-electron chi connectivity index (χ2n) is 2.23. The van der Waals surface area contributed by atoms with Crippen molar-refractivity contribution in [3.8, 4) is 6.07 Å². The number of anilines is 1. The van der Waals surface area contributed by atoms with Crippen molar-refractivity contribution in [1.82, 2.24) is 5.16 Å². The van der Waals surface area contributed by atoms with Crippen LogP contribution in [-0.2, 0) is 6.42 Å². The summed E-state index contributed by atoms with van der Waals surface area (Å²) in [6, 6.07) is 1.95. The van der Waals surface area contributed by atoms with Crippen molar-refractivity contribution in [2.24, 2.45) is 0 Å². The molecule has 1 heterocycles. The Balaban J connectivity index is 2.98. The number of hydrogen-bond donors (Lipinski definition) is 1. The van der Waals surface area contributed by atoms with Gasteiger partial charge in [-0.1, -0.05) is 12.1 Å². The molecule has 4 heteroatoms. The van der Waals surface area contributed by atoms with Crippen molar-refractivity contribution in [1.29, 1.82) is 5.26 Å². The fraction of sp³-hybridized carbons (Fsp3) is 0.429. The first kappa shape index (κ1) is 7.61. The maximum absolute atomic E-state index is 8.58. The molecule has 0 amide bonds. The topological polar surface area (TPSA) is 75.8 Å². The summed E-state index contributed by atoms with van der Waals surface area (Å²) in [6.07, 6.45) is 1.64. The number of hydrogen-bond acceptors (Lipinski definition) is 4. The maximum Gasteiger partial charge on any atom is 0.185 e. The van der Waals surface area contributed by atoms with E-state index in [1.54, 1.807) is 0 Å². The molecule has 0 atom stereocenters. The highest BCUT2D eigenvalue weighted by atomic mass is 16.5. The zero-order valence-electron chi connectivity index (χ0n) is 6.29. The minimum atomic E-state index is 0.191. The quantitative estimate of drug-likeness (QED) is 0.686. The predicted molar refractivity (Wildman–Crippen MR) is 39.6 cm³/mol. The van der Waals surface area contributed by atoms with Crippen LogP contribution in [0.2, 0.25) is 0 Å². The molecule has 1 aromatic heterocycles. The molecule has 1 rings (SSSR count). The molecule has 58 valence electrons. The van der Waals surface area contributed by atoms with Gasteiger partial charge in [-0.2, -0.15) is 5.26 Å². The van der Waals surface area contributed by atoms with Crippen LogP contribution < -0.4 is 5.73 Å². The van der Waals surface area contributed by atoms with Crippen LogP contribution in [0.4, 0.5) is 5.82 Å². The summed E-state index contributed by atoms with van der Waals surface area (Å²) in [5, 5.41) is 12.1. The van der Waals surface area contributed by atoms with Crippen LogP contribution in [0, 0.1) is 11.3 Å². The fourth-order valence-corrected chi connectivity index (χ4v) is 0.856. The minimum absolute atomic E-state index is 0.191. The molecular formula is C7H9N3O. The van der Waals surface area contributed by atoms with Crippen LogP contribution in [0.3, 0.4) is 0 Å². The first-order valence-electron chi connectivity index (χ1n) is 3.43. The molecule has 1 aromatic rings. The highest BCUT2D eigenvalue weighted by Crippen LogP contribution is 2.15. The Hall–Kier alpha value is -1.50. The van der Waals surface area contributed by atoms with Crippen LogP contribution >= 0.6 is 0 Å². The standard InChI is InChI=1S/C7H9N3O/c1-2-3-6-5(4-8)7(9)10-11-6/h2-3H2,1H3,(H2,9,10). The molecule has 0 spiro atoms. The Morgan fingerprint density at radius 2 is 2.45 bits per heavy atom. The van der Waals surface area contributed by atoms with E-state index in [-0.39, 0.29) is 5.82 Å². The lowest BCUT2D eigenvalue weighted by molar-refractivity contribution is 0.384. The lowest BCUT2D eigenvalue weighted by atomic mass is 10.2. The van der Waals surface area contributed by atoms with Crippen molar-refractivity contribution in [2.75, 3.05) is 5.73 Å². The van der Waals surface area contributed by atoms with Gasteiger partial charge in [0.25, 0.3) is 0 Å². The van der Waals surface area contributed by atoms with Crippen LogP contribution in [0.1, 0.15) is 24.7 Å². The van der Waals surface area contributed by atoms with Gasteiger partial charge in [-0.05, 0) is 6.42 Å². The number of rotatable bonds is 2. The van der Waals surface area contributed by atoms with Crippen LogP contribution in [0.5, 0.6) is 0 Å². The van der Waals surface area contributed by atoms with Gasteiger partial charge in [0.2, 0.25) is 0 Å². The lowest BCUT2D eigenvalue weighted by Gasteiger charge is -1.88. The highest BCUT2D eigenvalue weighted by Gasteiger charge is 2.11. The fourth-order valence-electron chi connectivity index (χ4n) is 0.856. The van der Waals surface area contributed by atoms with E-state index in [0.717, 1.165) is 6.42 Å². The van der Waals surface area contributed by atoms with Gasteiger partial charge in [-0.15, -0.1) is 0 Å². The summed E-state index contributed by atoms with van der Waals surface area (Å²) in [5.41, 5.74) is 5.74. The minimum Gasteiger partial charge on any atom is -0.380 e. The monoisotopic (exact) mass is 151 g/mol. The SMILES string of the molecule is CCCc1onc(N)c1C#N. The number of nitrogen functional groups attached to an aromatic ring is 1. The van der Waals surface area contributed by atoms with E-state index < -0.39 is 0 Å². The van der Waals surface area contributed by atoms with E-state index in [9.17, 15) is 0 Å². The Labute approximate surface area is 64.6 Å². The molecule has 0 unspecified atom stereocenters. The average Bonchev–Trinajstić information content (AvgIpc) is 2.33. The Morgan fingerprint density at radius 1 is 1.73 bits per heavy atom. The molecule has 0 saturated carbocycles. The smallest absolute Gasteiger partial charge is 0.185 e. The van der Waals surface area contributed by atoms with E-state index in [4.69, 9.17) is 15.5 Å². The van der Waals surface area contributed by atoms with E-state index in [1.807, 2.05) is 13.0 Å². The normalized spacial score (nSPS) is 9.45. The number of nitrogens with zero attached hydrogens (tertiary/aromatic N) is 2. The molecular weight excluding hydrogens is 142 g/mol. The predicted octanol–water partition coefficient (Wildman–Crippen LogP) is 1.08.